The second-order valence-corrected chi connectivity index (χ2v) is 5.48. The molecule has 0 spiro atoms. The van der Waals surface area contributed by atoms with Gasteiger partial charge in [0.1, 0.15) is 6.61 Å². The molecule has 0 aromatic carbocycles. The van der Waals surface area contributed by atoms with Crippen molar-refractivity contribution >= 4 is 5.97 Å². The van der Waals surface area contributed by atoms with Crippen LogP contribution in [0.4, 0.5) is 0 Å². The Morgan fingerprint density at radius 2 is 1.74 bits per heavy atom. The molecule has 108 valence electrons. The molecule has 0 aromatic heterocycles. The van der Waals surface area contributed by atoms with Gasteiger partial charge >= 0.3 is 5.97 Å². The average molecular weight is 268 g/mol. The standard InChI is InChI=1S/C15H24O4/c1-11(9-13-5-3-7-17-13)12(2)15(16)19-10-14-6-4-8-18-14/h13-14H,3-10H2,1-2H3. The number of carbonyl (C=O) groups excluding carboxylic acids is 1. The van der Waals surface area contributed by atoms with Crippen LogP contribution < -0.4 is 0 Å². The van der Waals surface area contributed by atoms with Crippen LogP contribution in [0, 0.1) is 0 Å². The highest BCUT2D eigenvalue weighted by Crippen LogP contribution is 2.22. The Balaban J connectivity index is 1.78. The van der Waals surface area contributed by atoms with Crippen molar-refractivity contribution in [1.29, 1.82) is 0 Å². The van der Waals surface area contributed by atoms with Crippen LogP contribution in [0.1, 0.15) is 46.0 Å². The number of carbonyl (C=O) groups is 1. The van der Waals surface area contributed by atoms with E-state index in [-0.39, 0.29) is 18.2 Å². The van der Waals surface area contributed by atoms with Gasteiger partial charge in [0.2, 0.25) is 0 Å². The molecule has 2 atom stereocenters. The topological polar surface area (TPSA) is 44.8 Å². The van der Waals surface area contributed by atoms with Gasteiger partial charge in [-0.25, -0.2) is 4.79 Å². The van der Waals surface area contributed by atoms with Crippen LogP contribution in [0.25, 0.3) is 0 Å². The first-order chi connectivity index (χ1) is 9.16. The molecule has 0 amide bonds. The second kappa shape index (κ2) is 7.06. The summed E-state index contributed by atoms with van der Waals surface area (Å²) in [4.78, 5) is 11.9. The van der Waals surface area contributed by atoms with Crippen molar-refractivity contribution in [2.24, 2.45) is 0 Å². The largest absolute Gasteiger partial charge is 0.460 e. The van der Waals surface area contributed by atoms with E-state index < -0.39 is 0 Å². The summed E-state index contributed by atoms with van der Waals surface area (Å²) in [6.45, 7) is 5.84. The Hall–Kier alpha value is -0.870. The van der Waals surface area contributed by atoms with E-state index in [4.69, 9.17) is 14.2 Å². The maximum Gasteiger partial charge on any atom is 0.333 e. The summed E-state index contributed by atoms with van der Waals surface area (Å²) in [5, 5.41) is 0. The van der Waals surface area contributed by atoms with E-state index in [2.05, 4.69) is 0 Å². The molecule has 2 aliphatic rings. The molecule has 0 saturated carbocycles. The molecule has 4 heteroatoms. The summed E-state index contributed by atoms with van der Waals surface area (Å²) in [6, 6.07) is 0. The van der Waals surface area contributed by atoms with E-state index >= 15 is 0 Å². The first-order valence-corrected chi connectivity index (χ1v) is 7.23. The van der Waals surface area contributed by atoms with Gasteiger partial charge in [-0.15, -0.1) is 0 Å². The van der Waals surface area contributed by atoms with Crippen LogP contribution >= 0.6 is 0 Å². The Bertz CT molecular complexity index is 336. The highest BCUT2D eigenvalue weighted by Gasteiger charge is 2.20. The fourth-order valence-electron chi connectivity index (χ4n) is 2.53. The highest BCUT2D eigenvalue weighted by atomic mass is 16.6. The summed E-state index contributed by atoms with van der Waals surface area (Å²) in [6.07, 6.45) is 5.48. The minimum Gasteiger partial charge on any atom is -0.460 e. The fourth-order valence-corrected chi connectivity index (χ4v) is 2.53. The quantitative estimate of drug-likeness (QED) is 0.568. The monoisotopic (exact) mass is 268 g/mol. The lowest BCUT2D eigenvalue weighted by atomic mass is 10.0. The van der Waals surface area contributed by atoms with Gasteiger partial charge in [0.25, 0.3) is 0 Å². The lowest BCUT2D eigenvalue weighted by Crippen LogP contribution is -2.19. The maximum atomic E-state index is 11.9. The van der Waals surface area contributed by atoms with Crippen molar-refractivity contribution in [1.82, 2.24) is 0 Å². The Kier molecular flexibility index (Phi) is 5.40. The van der Waals surface area contributed by atoms with Gasteiger partial charge in [0.05, 0.1) is 12.2 Å². The van der Waals surface area contributed by atoms with E-state index in [0.29, 0.717) is 12.2 Å². The van der Waals surface area contributed by atoms with Gasteiger partial charge in [-0.3, -0.25) is 0 Å². The summed E-state index contributed by atoms with van der Waals surface area (Å²) in [5.41, 5.74) is 1.79. The van der Waals surface area contributed by atoms with Crippen molar-refractivity contribution in [2.75, 3.05) is 19.8 Å². The van der Waals surface area contributed by atoms with Crippen molar-refractivity contribution in [3.63, 3.8) is 0 Å². The molecule has 0 N–H and O–H groups in total. The van der Waals surface area contributed by atoms with Gasteiger partial charge in [-0.1, -0.05) is 5.57 Å². The van der Waals surface area contributed by atoms with Gasteiger partial charge < -0.3 is 14.2 Å². The molecular weight excluding hydrogens is 244 g/mol. The van der Waals surface area contributed by atoms with Gasteiger partial charge in [-0.2, -0.15) is 0 Å². The second-order valence-electron chi connectivity index (χ2n) is 5.48. The first-order valence-electron chi connectivity index (χ1n) is 7.23. The molecule has 2 aliphatic heterocycles. The number of ether oxygens (including phenoxy) is 3. The molecule has 2 heterocycles. The van der Waals surface area contributed by atoms with Crippen LogP contribution in [0.15, 0.2) is 11.1 Å². The van der Waals surface area contributed by atoms with Gasteiger partial charge in [0, 0.05) is 18.8 Å². The molecule has 2 rings (SSSR count). The molecule has 0 bridgehead atoms. The third-order valence-electron chi connectivity index (χ3n) is 3.93. The van der Waals surface area contributed by atoms with Crippen LogP contribution in [0.5, 0.6) is 0 Å². The third kappa shape index (κ3) is 4.32. The van der Waals surface area contributed by atoms with Crippen molar-refractivity contribution < 1.29 is 19.0 Å². The molecule has 4 nitrogen and oxygen atoms in total. The molecule has 2 saturated heterocycles. The number of hydrogen-bond donors (Lipinski definition) is 0. The summed E-state index contributed by atoms with van der Waals surface area (Å²) in [7, 11) is 0. The predicted molar refractivity (Wildman–Crippen MR) is 71.9 cm³/mol. The minimum absolute atomic E-state index is 0.0928. The van der Waals surface area contributed by atoms with Crippen molar-refractivity contribution in [3.05, 3.63) is 11.1 Å². The Labute approximate surface area is 115 Å². The zero-order chi connectivity index (χ0) is 13.7. The maximum absolute atomic E-state index is 11.9. The normalized spacial score (nSPS) is 28.3. The Morgan fingerprint density at radius 1 is 1.11 bits per heavy atom. The van der Waals surface area contributed by atoms with E-state index in [1.807, 2.05) is 13.8 Å². The lowest BCUT2D eigenvalue weighted by Gasteiger charge is -2.14. The first kappa shape index (κ1) is 14.5. The molecule has 0 aliphatic carbocycles. The van der Waals surface area contributed by atoms with E-state index in [1.165, 1.54) is 0 Å². The molecule has 2 unspecified atom stereocenters. The fraction of sp³-hybridized carbons (Fsp3) is 0.800. The smallest absolute Gasteiger partial charge is 0.333 e. The van der Waals surface area contributed by atoms with Gasteiger partial charge in [0.15, 0.2) is 0 Å². The van der Waals surface area contributed by atoms with Gasteiger partial charge in [-0.05, 0) is 46.0 Å². The highest BCUT2D eigenvalue weighted by molar-refractivity contribution is 5.88. The third-order valence-corrected chi connectivity index (χ3v) is 3.93. The van der Waals surface area contributed by atoms with Crippen LogP contribution in [0.3, 0.4) is 0 Å². The molecule has 0 aromatic rings. The van der Waals surface area contributed by atoms with Crippen molar-refractivity contribution in [2.45, 2.75) is 58.2 Å². The number of rotatable bonds is 5. The molecule has 0 radical (unpaired) electrons. The Morgan fingerprint density at radius 3 is 2.32 bits per heavy atom. The molecule has 2 fully saturated rings. The van der Waals surface area contributed by atoms with E-state index in [0.717, 1.165) is 50.9 Å². The number of esters is 1. The average Bonchev–Trinajstić information content (AvgIpc) is 3.07. The molecule has 19 heavy (non-hydrogen) atoms. The summed E-state index contributed by atoms with van der Waals surface area (Å²) < 4.78 is 16.3. The zero-order valence-electron chi connectivity index (χ0n) is 11.9. The molecular formula is C15H24O4. The van der Waals surface area contributed by atoms with Crippen LogP contribution in [-0.2, 0) is 19.0 Å². The van der Waals surface area contributed by atoms with Crippen LogP contribution in [0.2, 0.25) is 0 Å². The summed E-state index contributed by atoms with van der Waals surface area (Å²) in [5.74, 6) is -0.217. The minimum atomic E-state index is -0.217. The summed E-state index contributed by atoms with van der Waals surface area (Å²) >= 11 is 0. The van der Waals surface area contributed by atoms with E-state index in [1.54, 1.807) is 0 Å². The lowest BCUT2D eigenvalue weighted by molar-refractivity contribution is -0.142. The SMILES string of the molecule is CC(CC1CCCO1)=C(C)C(=O)OCC1CCCO1. The van der Waals surface area contributed by atoms with Crippen molar-refractivity contribution in [3.8, 4) is 0 Å². The number of hydrogen-bond acceptors (Lipinski definition) is 4. The predicted octanol–water partition coefficient (Wildman–Crippen LogP) is 2.61. The van der Waals surface area contributed by atoms with E-state index in [9.17, 15) is 4.79 Å². The zero-order valence-corrected chi connectivity index (χ0v) is 11.9. The van der Waals surface area contributed by atoms with Crippen LogP contribution in [-0.4, -0.2) is 38.0 Å².